The van der Waals surface area contributed by atoms with E-state index in [4.69, 9.17) is 10.4 Å². The van der Waals surface area contributed by atoms with E-state index >= 15 is 0 Å². The minimum atomic E-state index is -0.567. The highest BCUT2D eigenvalue weighted by molar-refractivity contribution is 5.59. The molecule has 0 aliphatic rings. The summed E-state index contributed by atoms with van der Waals surface area (Å²) < 4.78 is 0. The van der Waals surface area contributed by atoms with Crippen LogP contribution in [0.15, 0.2) is 18.2 Å². The van der Waals surface area contributed by atoms with E-state index in [-0.39, 0.29) is 23.9 Å². The molecule has 0 saturated heterocycles. The molecule has 0 saturated carbocycles. The number of benzene rings is 1. The lowest BCUT2D eigenvalue weighted by atomic mass is 10.1. The highest BCUT2D eigenvalue weighted by atomic mass is 16.6. The summed E-state index contributed by atoms with van der Waals surface area (Å²) >= 11 is 0. The molecule has 1 aromatic rings. The number of hydrogen-bond donors (Lipinski definition) is 2. The van der Waals surface area contributed by atoms with E-state index in [1.165, 1.54) is 12.1 Å². The summed E-state index contributed by atoms with van der Waals surface area (Å²) in [6.45, 7) is 2.05. The average molecular weight is 249 g/mol. The lowest BCUT2D eigenvalue weighted by Crippen LogP contribution is -2.15. The molecule has 1 unspecified atom stereocenters. The van der Waals surface area contributed by atoms with Gasteiger partial charge in [0.15, 0.2) is 0 Å². The molecule has 1 atom stereocenters. The third-order valence-electron chi connectivity index (χ3n) is 2.52. The molecule has 0 aliphatic carbocycles. The minimum Gasteiger partial charge on any atom is -0.396 e. The Balaban J connectivity index is 2.82. The fourth-order valence-corrected chi connectivity index (χ4v) is 1.62. The van der Waals surface area contributed by atoms with Crippen molar-refractivity contribution in [2.45, 2.75) is 25.8 Å². The third kappa shape index (κ3) is 3.71. The monoisotopic (exact) mass is 249 g/mol. The van der Waals surface area contributed by atoms with Crippen LogP contribution in [0, 0.1) is 21.4 Å². The fraction of sp³-hybridized carbons (Fsp3) is 0.417. The van der Waals surface area contributed by atoms with Crippen LogP contribution >= 0.6 is 0 Å². The first-order chi connectivity index (χ1) is 8.58. The number of nitriles is 1. The van der Waals surface area contributed by atoms with Crippen LogP contribution in [0.25, 0.3) is 0 Å². The topological polar surface area (TPSA) is 99.2 Å². The van der Waals surface area contributed by atoms with Gasteiger partial charge in [-0.3, -0.25) is 10.1 Å². The van der Waals surface area contributed by atoms with Gasteiger partial charge in [-0.2, -0.15) is 5.26 Å². The zero-order chi connectivity index (χ0) is 13.5. The minimum absolute atomic E-state index is 0.0496. The fourth-order valence-electron chi connectivity index (χ4n) is 1.62. The van der Waals surface area contributed by atoms with Gasteiger partial charge in [-0.25, -0.2) is 0 Å². The summed E-state index contributed by atoms with van der Waals surface area (Å²) in [5.41, 5.74) is 0.455. The van der Waals surface area contributed by atoms with Crippen molar-refractivity contribution in [1.29, 1.82) is 5.26 Å². The number of nitrogens with one attached hydrogen (secondary N) is 1. The van der Waals surface area contributed by atoms with Crippen LogP contribution in [0.5, 0.6) is 0 Å². The number of anilines is 1. The summed E-state index contributed by atoms with van der Waals surface area (Å²) in [5.74, 6) is 0. The smallest absolute Gasteiger partial charge is 0.289 e. The van der Waals surface area contributed by atoms with Gasteiger partial charge in [-0.1, -0.05) is 0 Å². The average Bonchev–Trinajstić information content (AvgIpc) is 2.36. The Hall–Kier alpha value is -2.13. The molecule has 0 heterocycles. The van der Waals surface area contributed by atoms with Crippen LogP contribution in [0.1, 0.15) is 25.3 Å². The molecule has 0 amide bonds. The molecule has 0 fully saturated rings. The first kappa shape index (κ1) is 13.9. The summed E-state index contributed by atoms with van der Waals surface area (Å²) in [4.78, 5) is 10.2. The molecular weight excluding hydrogens is 234 g/mol. The van der Waals surface area contributed by atoms with Crippen molar-refractivity contribution in [3.63, 3.8) is 0 Å². The molecule has 2 N–H and O–H groups in total. The number of nitro groups is 1. The predicted octanol–water partition coefficient (Wildman–Crippen LogP) is 2.04. The van der Waals surface area contributed by atoms with Gasteiger partial charge in [-0.15, -0.1) is 0 Å². The molecule has 6 heteroatoms. The Morgan fingerprint density at radius 2 is 2.33 bits per heavy atom. The van der Waals surface area contributed by atoms with E-state index in [0.717, 1.165) is 6.42 Å². The highest BCUT2D eigenvalue weighted by Crippen LogP contribution is 2.23. The van der Waals surface area contributed by atoms with Crippen molar-refractivity contribution in [1.82, 2.24) is 0 Å². The number of nitrogens with zero attached hydrogens (tertiary/aromatic N) is 2. The molecular formula is C12H15N3O3. The first-order valence-corrected chi connectivity index (χ1v) is 5.64. The van der Waals surface area contributed by atoms with Crippen LogP contribution in [0.2, 0.25) is 0 Å². The maximum Gasteiger partial charge on any atom is 0.289 e. The zero-order valence-electron chi connectivity index (χ0n) is 10.1. The lowest BCUT2D eigenvalue weighted by molar-refractivity contribution is -0.385. The number of hydrogen-bond acceptors (Lipinski definition) is 5. The summed E-state index contributed by atoms with van der Waals surface area (Å²) in [6, 6.07) is 6.32. The van der Waals surface area contributed by atoms with Crippen LogP contribution in [-0.2, 0) is 0 Å². The van der Waals surface area contributed by atoms with Crippen LogP contribution in [0.3, 0.4) is 0 Å². The van der Waals surface area contributed by atoms with Crippen molar-refractivity contribution in [3.8, 4) is 6.07 Å². The van der Waals surface area contributed by atoms with Gasteiger partial charge in [-0.05, 0) is 31.9 Å². The second-order valence-electron chi connectivity index (χ2n) is 4.01. The molecule has 0 aliphatic heterocycles. The van der Waals surface area contributed by atoms with Crippen LogP contribution in [0.4, 0.5) is 11.4 Å². The van der Waals surface area contributed by atoms with Crippen molar-refractivity contribution in [2.75, 3.05) is 11.9 Å². The second-order valence-corrected chi connectivity index (χ2v) is 4.01. The molecule has 0 aromatic heterocycles. The number of nitro benzene ring substituents is 1. The van der Waals surface area contributed by atoms with E-state index in [1.807, 2.05) is 6.92 Å². The molecule has 18 heavy (non-hydrogen) atoms. The lowest BCUT2D eigenvalue weighted by Gasteiger charge is -2.14. The van der Waals surface area contributed by atoms with Gasteiger partial charge in [0.05, 0.1) is 4.92 Å². The largest absolute Gasteiger partial charge is 0.396 e. The third-order valence-corrected chi connectivity index (χ3v) is 2.52. The molecule has 96 valence electrons. The van der Waals surface area contributed by atoms with Gasteiger partial charge < -0.3 is 10.4 Å². The molecule has 1 rings (SSSR count). The van der Waals surface area contributed by atoms with Crippen molar-refractivity contribution in [2.24, 2.45) is 0 Å². The molecule has 0 radical (unpaired) electrons. The Morgan fingerprint density at radius 1 is 1.61 bits per heavy atom. The van der Waals surface area contributed by atoms with E-state index in [0.29, 0.717) is 12.1 Å². The van der Waals surface area contributed by atoms with Gasteiger partial charge in [0.2, 0.25) is 0 Å². The zero-order valence-corrected chi connectivity index (χ0v) is 10.1. The van der Waals surface area contributed by atoms with Gasteiger partial charge >= 0.3 is 0 Å². The van der Waals surface area contributed by atoms with Crippen LogP contribution < -0.4 is 5.32 Å². The maximum absolute atomic E-state index is 10.8. The Labute approximate surface area is 105 Å². The number of aliphatic hydroxyl groups excluding tert-OH is 1. The van der Waals surface area contributed by atoms with Crippen LogP contribution in [-0.4, -0.2) is 22.7 Å². The summed E-state index contributed by atoms with van der Waals surface area (Å²) in [6.07, 6.45) is 1.44. The molecule has 1 aromatic carbocycles. The first-order valence-electron chi connectivity index (χ1n) is 5.64. The van der Waals surface area contributed by atoms with Crippen molar-refractivity contribution >= 4 is 11.4 Å². The van der Waals surface area contributed by atoms with Gasteiger partial charge in [0, 0.05) is 24.4 Å². The summed E-state index contributed by atoms with van der Waals surface area (Å²) in [7, 11) is 0. The van der Waals surface area contributed by atoms with E-state index in [2.05, 4.69) is 5.32 Å². The van der Waals surface area contributed by atoms with Crippen molar-refractivity contribution in [3.05, 3.63) is 33.9 Å². The number of rotatable bonds is 6. The van der Waals surface area contributed by atoms with E-state index < -0.39 is 4.92 Å². The number of aliphatic hydroxyl groups is 1. The van der Waals surface area contributed by atoms with E-state index in [1.54, 1.807) is 12.1 Å². The van der Waals surface area contributed by atoms with Crippen molar-refractivity contribution < 1.29 is 10.0 Å². The second kappa shape index (κ2) is 6.57. The predicted molar refractivity (Wildman–Crippen MR) is 67.2 cm³/mol. The summed E-state index contributed by atoms with van der Waals surface area (Å²) in [5, 5.41) is 31.3. The molecule has 6 nitrogen and oxygen atoms in total. The quantitative estimate of drug-likeness (QED) is 0.593. The highest BCUT2D eigenvalue weighted by Gasteiger charge is 2.14. The van der Waals surface area contributed by atoms with E-state index in [9.17, 15) is 10.1 Å². The van der Waals surface area contributed by atoms with Gasteiger partial charge in [0.25, 0.3) is 5.69 Å². The normalized spacial score (nSPS) is 11.6. The van der Waals surface area contributed by atoms with Gasteiger partial charge in [0.1, 0.15) is 11.6 Å². The Kier molecular flexibility index (Phi) is 5.08. The SMILES string of the molecule is CC(CCCO)Nc1ccc(C#N)c([N+](=O)[O-])c1. The maximum atomic E-state index is 10.8. The Morgan fingerprint density at radius 3 is 2.89 bits per heavy atom. The molecule has 0 spiro atoms. The standard InChI is InChI=1S/C12H15N3O3/c1-9(3-2-6-16)14-11-5-4-10(8-13)12(7-11)15(17)18/h4-5,7,9,14,16H,2-3,6H2,1H3. The Bertz CT molecular complexity index is 468. The molecule has 0 bridgehead atoms.